The number of hydrogen-bond acceptors (Lipinski definition) is 3. The second-order valence-electron chi connectivity index (χ2n) is 2.15. The number of nitrogens with one attached hydrogen (secondary N) is 1. The molecule has 0 aliphatic carbocycles. The van der Waals surface area contributed by atoms with Gasteiger partial charge in [0, 0.05) is 5.69 Å². The fourth-order valence-corrected chi connectivity index (χ4v) is 0.739. The quantitative estimate of drug-likeness (QED) is 0.588. The van der Waals surface area contributed by atoms with Crippen molar-refractivity contribution in [1.29, 1.82) is 0 Å². The van der Waals surface area contributed by atoms with Crippen LogP contribution in [-0.4, -0.2) is 6.09 Å². The molecule has 0 fully saturated rings. The molecule has 0 saturated heterocycles. The molecule has 0 aromatic heterocycles. The maximum absolute atomic E-state index is 12.5. The Balaban J connectivity index is 2.89. The van der Waals surface area contributed by atoms with Crippen LogP contribution >= 0.6 is 0 Å². The Hall–Kier alpha value is -1.78. The third-order valence-corrected chi connectivity index (χ3v) is 1.24. The van der Waals surface area contributed by atoms with Crippen LogP contribution in [0.5, 0.6) is 0 Å². The lowest BCUT2D eigenvalue weighted by atomic mass is 10.3. The van der Waals surface area contributed by atoms with Gasteiger partial charge in [-0.1, -0.05) is 0 Å². The number of nitrogen functional groups attached to an aromatic ring is 1. The molecule has 0 bridgehead atoms. The summed E-state index contributed by atoms with van der Waals surface area (Å²) in [6.07, 6.45) is -1.46. The van der Waals surface area contributed by atoms with Gasteiger partial charge < -0.3 is 21.0 Å². The minimum absolute atomic E-state index is 0.110. The van der Waals surface area contributed by atoms with E-state index in [0.29, 0.717) is 0 Å². The third-order valence-electron chi connectivity index (χ3n) is 1.24. The van der Waals surface area contributed by atoms with Crippen LogP contribution in [0, 0.1) is 5.82 Å². The second kappa shape index (κ2) is 3.08. The van der Waals surface area contributed by atoms with Gasteiger partial charge in [-0.25, -0.2) is 4.39 Å². The molecule has 0 aliphatic rings. The lowest BCUT2D eigenvalue weighted by molar-refractivity contribution is -0.242. The van der Waals surface area contributed by atoms with E-state index in [1.807, 2.05) is 5.32 Å². The molecule has 12 heavy (non-hydrogen) atoms. The van der Waals surface area contributed by atoms with Gasteiger partial charge in [0.2, 0.25) is 0 Å². The van der Waals surface area contributed by atoms with E-state index in [2.05, 4.69) is 0 Å². The summed E-state index contributed by atoms with van der Waals surface area (Å²) in [6, 6.07) is 3.49. The first kappa shape index (κ1) is 8.32. The first-order valence-corrected chi connectivity index (χ1v) is 3.12. The van der Waals surface area contributed by atoms with Gasteiger partial charge in [0.15, 0.2) is 0 Å². The second-order valence-corrected chi connectivity index (χ2v) is 2.15. The van der Waals surface area contributed by atoms with E-state index in [0.717, 1.165) is 6.07 Å². The minimum Gasteiger partial charge on any atom is -0.530 e. The molecule has 0 saturated carbocycles. The molecule has 3 N–H and O–H groups in total. The van der Waals surface area contributed by atoms with Crippen molar-refractivity contribution in [2.24, 2.45) is 0 Å². The molecule has 64 valence electrons. The fraction of sp³-hybridized carbons (Fsp3) is 0. The number of rotatable bonds is 1. The number of amides is 1. The van der Waals surface area contributed by atoms with Gasteiger partial charge in [0.25, 0.3) is 0 Å². The van der Waals surface area contributed by atoms with Crippen LogP contribution in [0.15, 0.2) is 18.2 Å². The van der Waals surface area contributed by atoms with Gasteiger partial charge in [0.1, 0.15) is 11.9 Å². The van der Waals surface area contributed by atoms with Gasteiger partial charge in [0.05, 0.1) is 5.69 Å². The SMILES string of the molecule is Nc1cc(NC(=O)[O-])ccc1F. The average molecular weight is 169 g/mol. The molecular weight excluding hydrogens is 163 g/mol. The van der Waals surface area contributed by atoms with Crippen molar-refractivity contribution in [3.8, 4) is 0 Å². The Morgan fingerprint density at radius 1 is 1.58 bits per heavy atom. The number of halogens is 1. The van der Waals surface area contributed by atoms with E-state index < -0.39 is 11.9 Å². The summed E-state index contributed by atoms with van der Waals surface area (Å²) < 4.78 is 12.5. The van der Waals surface area contributed by atoms with E-state index in [9.17, 15) is 14.3 Å². The maximum Gasteiger partial charge on any atom is 0.146 e. The monoisotopic (exact) mass is 169 g/mol. The number of carboxylic acid groups (broad SMARTS) is 1. The van der Waals surface area contributed by atoms with E-state index in [4.69, 9.17) is 5.73 Å². The summed E-state index contributed by atoms with van der Waals surface area (Å²) in [7, 11) is 0. The number of carbonyl (C=O) groups excluding carboxylic acids is 1. The van der Waals surface area contributed by atoms with Gasteiger partial charge in [-0.05, 0) is 18.2 Å². The van der Waals surface area contributed by atoms with Crippen LogP contribution in [0.25, 0.3) is 0 Å². The zero-order valence-electron chi connectivity index (χ0n) is 6.00. The minimum atomic E-state index is -1.46. The van der Waals surface area contributed by atoms with Crippen molar-refractivity contribution in [3.63, 3.8) is 0 Å². The molecule has 1 aromatic carbocycles. The molecule has 0 radical (unpaired) electrons. The summed E-state index contributed by atoms with van der Waals surface area (Å²) in [4.78, 5) is 10.0. The lowest BCUT2D eigenvalue weighted by Gasteiger charge is -2.06. The van der Waals surface area contributed by atoms with Crippen molar-refractivity contribution < 1.29 is 14.3 Å². The van der Waals surface area contributed by atoms with E-state index in [1.54, 1.807) is 0 Å². The van der Waals surface area contributed by atoms with E-state index in [-0.39, 0.29) is 11.4 Å². The maximum atomic E-state index is 12.5. The van der Waals surface area contributed by atoms with Crippen molar-refractivity contribution >= 4 is 17.5 Å². The molecule has 0 heterocycles. The lowest BCUT2D eigenvalue weighted by Crippen LogP contribution is -2.28. The summed E-state index contributed by atoms with van der Waals surface area (Å²) in [5.74, 6) is -0.584. The van der Waals surface area contributed by atoms with Crippen molar-refractivity contribution in [1.82, 2.24) is 0 Å². The number of benzene rings is 1. The molecular formula is C7H6FN2O2-. The van der Waals surface area contributed by atoms with Crippen LogP contribution in [0.2, 0.25) is 0 Å². The largest absolute Gasteiger partial charge is 0.530 e. The molecule has 4 nitrogen and oxygen atoms in total. The van der Waals surface area contributed by atoms with Gasteiger partial charge in [-0.2, -0.15) is 0 Å². The number of anilines is 2. The zero-order valence-corrected chi connectivity index (χ0v) is 6.00. The molecule has 5 heteroatoms. The van der Waals surface area contributed by atoms with Crippen LogP contribution < -0.4 is 16.2 Å². The number of carbonyl (C=O) groups is 1. The highest BCUT2D eigenvalue weighted by atomic mass is 19.1. The summed E-state index contributed by atoms with van der Waals surface area (Å²) >= 11 is 0. The summed E-state index contributed by atoms with van der Waals surface area (Å²) in [5.41, 5.74) is 5.25. The van der Waals surface area contributed by atoms with Crippen LogP contribution in [-0.2, 0) is 0 Å². The zero-order chi connectivity index (χ0) is 9.14. The molecule has 1 aromatic rings. The standard InChI is InChI=1S/C7H7FN2O2/c8-5-2-1-4(3-6(5)9)10-7(11)12/h1-3,10H,9H2,(H,11,12)/p-1. The topological polar surface area (TPSA) is 78.2 Å². The average Bonchev–Trinajstić information content (AvgIpc) is 1.96. The molecule has 0 aliphatic heterocycles. The molecule has 0 atom stereocenters. The fourth-order valence-electron chi connectivity index (χ4n) is 0.739. The molecule has 1 amide bonds. The predicted molar refractivity (Wildman–Crippen MR) is 39.8 cm³/mol. The normalized spacial score (nSPS) is 9.42. The highest BCUT2D eigenvalue weighted by molar-refractivity contribution is 5.81. The Labute approximate surface area is 67.8 Å². The molecule has 0 spiro atoms. The summed E-state index contributed by atoms with van der Waals surface area (Å²) in [5, 5.41) is 11.9. The van der Waals surface area contributed by atoms with Crippen molar-refractivity contribution in [2.75, 3.05) is 11.1 Å². The Bertz CT molecular complexity index is 314. The number of hydrogen-bond donors (Lipinski definition) is 2. The Kier molecular flexibility index (Phi) is 2.14. The van der Waals surface area contributed by atoms with Crippen LogP contribution in [0.4, 0.5) is 20.6 Å². The van der Waals surface area contributed by atoms with Crippen LogP contribution in [0.3, 0.4) is 0 Å². The first-order chi connectivity index (χ1) is 5.59. The smallest absolute Gasteiger partial charge is 0.146 e. The Morgan fingerprint density at radius 2 is 2.25 bits per heavy atom. The third kappa shape index (κ3) is 1.85. The highest BCUT2D eigenvalue weighted by Crippen LogP contribution is 2.15. The van der Waals surface area contributed by atoms with Gasteiger partial charge in [-0.15, -0.1) is 0 Å². The number of nitrogens with two attached hydrogens (primary N) is 1. The van der Waals surface area contributed by atoms with Crippen LogP contribution in [0.1, 0.15) is 0 Å². The molecule has 1 rings (SSSR count). The summed E-state index contributed by atoms with van der Waals surface area (Å²) in [6.45, 7) is 0. The van der Waals surface area contributed by atoms with E-state index >= 15 is 0 Å². The van der Waals surface area contributed by atoms with Crippen molar-refractivity contribution in [2.45, 2.75) is 0 Å². The molecule has 0 unspecified atom stereocenters. The van der Waals surface area contributed by atoms with E-state index in [1.165, 1.54) is 12.1 Å². The highest BCUT2D eigenvalue weighted by Gasteiger charge is 1.98. The first-order valence-electron chi connectivity index (χ1n) is 3.12. The predicted octanol–water partition coefficient (Wildman–Crippen LogP) is 0.163. The van der Waals surface area contributed by atoms with Gasteiger partial charge in [-0.3, -0.25) is 0 Å². The van der Waals surface area contributed by atoms with Gasteiger partial charge >= 0.3 is 0 Å². The van der Waals surface area contributed by atoms with Crippen molar-refractivity contribution in [3.05, 3.63) is 24.0 Å². The Morgan fingerprint density at radius 3 is 2.75 bits per heavy atom.